The normalized spacial score (nSPS) is 9.22. The third-order valence-electron chi connectivity index (χ3n) is 2.23. The standard InChI is InChI=1S/C6H4N2O4.C6H14/c9-7(10)5-3-1-2-4-6(5)8(11)12;1-3-5-6-4-2/h1-4H;3-6H2,1-2H3. The first kappa shape index (κ1) is 16.0. The Morgan fingerprint density at radius 1 is 0.889 bits per heavy atom. The number of nitrogens with zero attached hydrogens (tertiary/aromatic N) is 2. The molecule has 1 aromatic rings. The number of nitro benzene ring substituents is 2. The van der Waals surface area contributed by atoms with Crippen LogP contribution in [-0.4, -0.2) is 9.85 Å². The minimum absolute atomic E-state index is 0.484. The van der Waals surface area contributed by atoms with Gasteiger partial charge >= 0.3 is 11.4 Å². The van der Waals surface area contributed by atoms with Crippen LogP contribution >= 0.6 is 0 Å². The second-order valence-electron chi connectivity index (χ2n) is 3.71. The van der Waals surface area contributed by atoms with Crippen molar-refractivity contribution < 1.29 is 9.85 Å². The molecule has 0 saturated heterocycles. The highest BCUT2D eigenvalue weighted by Gasteiger charge is 2.21. The smallest absolute Gasteiger partial charge is 0.258 e. The Bertz CT molecular complexity index is 356. The molecule has 0 atom stereocenters. The molecule has 100 valence electrons. The van der Waals surface area contributed by atoms with Crippen molar-refractivity contribution in [3.63, 3.8) is 0 Å². The van der Waals surface area contributed by atoms with Crippen LogP contribution in [-0.2, 0) is 0 Å². The lowest BCUT2D eigenvalue weighted by molar-refractivity contribution is -0.422. The van der Waals surface area contributed by atoms with E-state index in [2.05, 4.69) is 13.8 Å². The van der Waals surface area contributed by atoms with Crippen molar-refractivity contribution in [1.29, 1.82) is 0 Å². The van der Waals surface area contributed by atoms with Crippen LogP contribution in [0.5, 0.6) is 0 Å². The van der Waals surface area contributed by atoms with Crippen LogP contribution in [0.1, 0.15) is 39.5 Å². The first-order valence-electron chi connectivity index (χ1n) is 5.92. The minimum atomic E-state index is -0.780. The number of benzene rings is 1. The Balaban J connectivity index is 0.000000411. The molecule has 0 fully saturated rings. The first-order valence-corrected chi connectivity index (χ1v) is 5.92. The van der Waals surface area contributed by atoms with Crippen molar-refractivity contribution >= 4 is 11.4 Å². The van der Waals surface area contributed by atoms with Crippen LogP contribution in [0.4, 0.5) is 11.4 Å². The van der Waals surface area contributed by atoms with Crippen molar-refractivity contribution in [2.45, 2.75) is 39.5 Å². The van der Waals surface area contributed by atoms with E-state index in [0.29, 0.717) is 0 Å². The quantitative estimate of drug-likeness (QED) is 0.450. The molecular weight excluding hydrogens is 236 g/mol. The lowest BCUT2D eigenvalue weighted by Gasteiger charge is -1.91. The van der Waals surface area contributed by atoms with Crippen LogP contribution in [0.15, 0.2) is 24.3 Å². The van der Waals surface area contributed by atoms with Crippen LogP contribution in [0, 0.1) is 20.2 Å². The zero-order chi connectivity index (χ0) is 14.0. The summed E-state index contributed by atoms with van der Waals surface area (Å²) in [5.74, 6) is 0. The number of hydrogen-bond donors (Lipinski definition) is 0. The molecule has 0 aliphatic rings. The van der Waals surface area contributed by atoms with Crippen LogP contribution in [0.2, 0.25) is 0 Å². The van der Waals surface area contributed by atoms with Gasteiger partial charge in [-0.05, 0) is 0 Å². The maximum atomic E-state index is 10.2. The zero-order valence-corrected chi connectivity index (χ0v) is 10.7. The molecule has 0 spiro atoms. The van der Waals surface area contributed by atoms with E-state index in [9.17, 15) is 20.2 Å². The van der Waals surface area contributed by atoms with Crippen LogP contribution in [0.3, 0.4) is 0 Å². The Morgan fingerprint density at radius 2 is 1.22 bits per heavy atom. The molecule has 0 aliphatic heterocycles. The van der Waals surface area contributed by atoms with Gasteiger partial charge in [-0.2, -0.15) is 0 Å². The van der Waals surface area contributed by atoms with Gasteiger partial charge in [0.1, 0.15) is 0 Å². The highest BCUT2D eigenvalue weighted by atomic mass is 16.6. The maximum Gasteiger partial charge on any atom is 0.346 e. The molecule has 18 heavy (non-hydrogen) atoms. The summed E-state index contributed by atoms with van der Waals surface area (Å²) < 4.78 is 0. The van der Waals surface area contributed by atoms with Gasteiger partial charge in [-0.15, -0.1) is 0 Å². The summed E-state index contributed by atoms with van der Waals surface area (Å²) in [6, 6.07) is 4.95. The summed E-state index contributed by atoms with van der Waals surface area (Å²) in [7, 11) is 0. The maximum absolute atomic E-state index is 10.2. The van der Waals surface area contributed by atoms with Gasteiger partial charge in [0.2, 0.25) is 0 Å². The van der Waals surface area contributed by atoms with Crippen LogP contribution < -0.4 is 0 Å². The van der Waals surface area contributed by atoms with E-state index in [1.807, 2.05) is 0 Å². The van der Waals surface area contributed by atoms with Crippen molar-refractivity contribution in [2.75, 3.05) is 0 Å². The number of hydrogen-bond acceptors (Lipinski definition) is 4. The molecule has 0 heterocycles. The number of para-hydroxylation sites is 2. The number of rotatable bonds is 5. The predicted octanol–water partition coefficient (Wildman–Crippen LogP) is 4.09. The second-order valence-corrected chi connectivity index (χ2v) is 3.71. The second kappa shape index (κ2) is 9.09. The Hall–Kier alpha value is -1.98. The molecule has 6 heteroatoms. The minimum Gasteiger partial charge on any atom is -0.258 e. The predicted molar refractivity (Wildman–Crippen MR) is 69.6 cm³/mol. The highest BCUT2D eigenvalue weighted by molar-refractivity contribution is 5.51. The number of nitro groups is 2. The molecule has 0 unspecified atom stereocenters. The van der Waals surface area contributed by atoms with E-state index in [-0.39, 0.29) is 0 Å². The summed E-state index contributed by atoms with van der Waals surface area (Å²) in [4.78, 5) is 18.9. The molecule has 0 amide bonds. The van der Waals surface area contributed by atoms with Crippen molar-refractivity contribution in [3.05, 3.63) is 44.5 Å². The molecule has 0 N–H and O–H groups in total. The van der Waals surface area contributed by atoms with Crippen LogP contribution in [0.25, 0.3) is 0 Å². The van der Waals surface area contributed by atoms with Gasteiger partial charge in [0.05, 0.1) is 9.85 Å². The SMILES string of the molecule is CCCCCC.O=[N+]([O-])c1ccccc1[N+](=O)[O-]. The summed E-state index contributed by atoms with van der Waals surface area (Å²) in [5, 5.41) is 20.5. The largest absolute Gasteiger partial charge is 0.346 e. The Kier molecular flexibility index (Phi) is 8.09. The molecule has 0 radical (unpaired) electrons. The van der Waals surface area contributed by atoms with Gasteiger partial charge in [0.25, 0.3) is 0 Å². The van der Waals surface area contributed by atoms with Gasteiger partial charge in [-0.25, -0.2) is 0 Å². The third kappa shape index (κ3) is 5.93. The summed E-state index contributed by atoms with van der Waals surface area (Å²) in [6.07, 6.45) is 5.54. The monoisotopic (exact) mass is 254 g/mol. The zero-order valence-electron chi connectivity index (χ0n) is 10.7. The first-order chi connectivity index (χ1) is 8.54. The van der Waals surface area contributed by atoms with E-state index in [4.69, 9.17) is 0 Å². The Morgan fingerprint density at radius 3 is 1.44 bits per heavy atom. The van der Waals surface area contributed by atoms with Crippen molar-refractivity contribution in [3.8, 4) is 0 Å². The fourth-order valence-electron chi connectivity index (χ4n) is 1.27. The van der Waals surface area contributed by atoms with Gasteiger partial charge < -0.3 is 0 Å². The molecule has 1 aromatic carbocycles. The third-order valence-corrected chi connectivity index (χ3v) is 2.23. The van der Waals surface area contributed by atoms with E-state index in [1.54, 1.807) is 0 Å². The fourth-order valence-corrected chi connectivity index (χ4v) is 1.27. The van der Waals surface area contributed by atoms with E-state index in [0.717, 1.165) is 12.1 Å². The summed E-state index contributed by atoms with van der Waals surface area (Å²) in [5.41, 5.74) is -0.968. The van der Waals surface area contributed by atoms with Crippen molar-refractivity contribution in [1.82, 2.24) is 0 Å². The molecule has 0 aromatic heterocycles. The lowest BCUT2D eigenvalue weighted by atomic mass is 10.2. The van der Waals surface area contributed by atoms with Gasteiger partial charge in [-0.3, -0.25) is 20.2 Å². The molecule has 1 rings (SSSR count). The Labute approximate surface area is 106 Å². The average Bonchev–Trinajstić information content (AvgIpc) is 2.37. The summed E-state index contributed by atoms with van der Waals surface area (Å²) >= 11 is 0. The van der Waals surface area contributed by atoms with E-state index in [1.165, 1.54) is 37.8 Å². The lowest BCUT2D eigenvalue weighted by Crippen LogP contribution is -1.95. The highest BCUT2D eigenvalue weighted by Crippen LogP contribution is 2.24. The van der Waals surface area contributed by atoms with Crippen molar-refractivity contribution in [2.24, 2.45) is 0 Å². The fraction of sp³-hybridized carbons (Fsp3) is 0.500. The molecule has 0 saturated carbocycles. The van der Waals surface area contributed by atoms with Gasteiger partial charge in [-0.1, -0.05) is 51.7 Å². The average molecular weight is 254 g/mol. The number of unbranched alkanes of at least 4 members (excludes halogenated alkanes) is 3. The molecular formula is C12H18N2O4. The summed E-state index contributed by atoms with van der Waals surface area (Å²) in [6.45, 7) is 4.46. The van der Waals surface area contributed by atoms with Gasteiger partial charge in [0, 0.05) is 12.1 Å². The van der Waals surface area contributed by atoms with Gasteiger partial charge in [0.15, 0.2) is 0 Å². The van der Waals surface area contributed by atoms with E-state index < -0.39 is 21.2 Å². The van der Waals surface area contributed by atoms with E-state index >= 15 is 0 Å². The molecule has 0 aliphatic carbocycles. The topological polar surface area (TPSA) is 86.3 Å². The molecule has 0 bridgehead atoms. The molecule has 6 nitrogen and oxygen atoms in total.